The fourth-order valence-electron chi connectivity index (χ4n) is 2.11. The molecule has 1 heterocycles. The molecule has 1 aliphatic rings. The van der Waals surface area contributed by atoms with Crippen molar-refractivity contribution in [2.24, 2.45) is 5.92 Å². The molecule has 3 heteroatoms. The van der Waals surface area contributed by atoms with Gasteiger partial charge in [-0.05, 0) is 37.9 Å². The van der Waals surface area contributed by atoms with E-state index >= 15 is 0 Å². The Hall–Kier alpha value is -1.37. The number of terminal acetylenes is 1. The molecule has 0 aromatic carbocycles. The third-order valence-electron chi connectivity index (χ3n) is 3.14. The molecule has 1 saturated carbocycles. The summed E-state index contributed by atoms with van der Waals surface area (Å²) >= 11 is 0. The van der Waals surface area contributed by atoms with Crippen molar-refractivity contribution in [3.63, 3.8) is 0 Å². The molecule has 3 nitrogen and oxygen atoms in total. The van der Waals surface area contributed by atoms with Gasteiger partial charge in [-0.15, -0.1) is 6.42 Å². The Labute approximate surface area is 110 Å². The maximum absolute atomic E-state index is 5.43. The number of hydrogen-bond acceptors (Lipinski definition) is 3. The molecular weight excluding hydrogens is 222 g/mol. The fraction of sp³-hybridized carbons (Fsp3) is 0.533. The van der Waals surface area contributed by atoms with Gasteiger partial charge in [0, 0.05) is 19.6 Å². The van der Waals surface area contributed by atoms with E-state index in [9.17, 15) is 0 Å². The minimum absolute atomic E-state index is 0.717. The van der Waals surface area contributed by atoms with Crippen molar-refractivity contribution < 1.29 is 0 Å². The van der Waals surface area contributed by atoms with Gasteiger partial charge in [0.25, 0.3) is 0 Å². The molecule has 1 aromatic rings. The third-order valence-corrected chi connectivity index (χ3v) is 3.14. The third kappa shape index (κ3) is 4.14. The summed E-state index contributed by atoms with van der Waals surface area (Å²) in [4.78, 5) is 6.96. The Morgan fingerprint density at radius 2 is 2.22 bits per heavy atom. The van der Waals surface area contributed by atoms with Crippen LogP contribution in [0.5, 0.6) is 0 Å². The van der Waals surface area contributed by atoms with Gasteiger partial charge in [0.05, 0.1) is 17.9 Å². The number of pyridine rings is 1. The Kier molecular flexibility index (Phi) is 4.74. The molecule has 0 atom stereocenters. The molecule has 1 N–H and O–H groups in total. The molecule has 96 valence electrons. The van der Waals surface area contributed by atoms with E-state index in [1.54, 1.807) is 0 Å². The molecule has 1 fully saturated rings. The quantitative estimate of drug-likeness (QED) is 0.738. The zero-order chi connectivity index (χ0) is 12.8. The van der Waals surface area contributed by atoms with E-state index in [2.05, 4.69) is 33.3 Å². The van der Waals surface area contributed by atoms with Gasteiger partial charge in [-0.2, -0.15) is 0 Å². The van der Waals surface area contributed by atoms with Crippen LogP contribution in [0.2, 0.25) is 0 Å². The molecular formula is C15H21N3. The number of nitrogens with one attached hydrogen (secondary N) is 1. The number of aromatic nitrogens is 1. The number of nitrogens with zero attached hydrogens (tertiary/aromatic N) is 2. The van der Waals surface area contributed by atoms with E-state index in [0.717, 1.165) is 36.9 Å². The van der Waals surface area contributed by atoms with Gasteiger partial charge in [-0.25, -0.2) is 0 Å². The van der Waals surface area contributed by atoms with Crippen LogP contribution in [0.25, 0.3) is 0 Å². The summed E-state index contributed by atoms with van der Waals surface area (Å²) in [6, 6.07) is 6.20. The van der Waals surface area contributed by atoms with Crippen molar-refractivity contribution in [3.05, 3.63) is 29.6 Å². The summed E-state index contributed by atoms with van der Waals surface area (Å²) in [6.07, 6.45) is 8.15. The van der Waals surface area contributed by atoms with Gasteiger partial charge >= 0.3 is 0 Å². The lowest BCUT2D eigenvalue weighted by Gasteiger charge is -2.19. The van der Waals surface area contributed by atoms with Crippen molar-refractivity contribution in [2.75, 3.05) is 20.1 Å². The van der Waals surface area contributed by atoms with Crippen LogP contribution in [0.4, 0.5) is 0 Å². The zero-order valence-electron chi connectivity index (χ0n) is 11.0. The highest BCUT2D eigenvalue weighted by atomic mass is 15.1. The summed E-state index contributed by atoms with van der Waals surface area (Å²) in [6.45, 7) is 3.50. The first-order valence-electron chi connectivity index (χ1n) is 6.57. The van der Waals surface area contributed by atoms with Crippen molar-refractivity contribution >= 4 is 0 Å². The zero-order valence-corrected chi connectivity index (χ0v) is 11.0. The molecule has 0 spiro atoms. The summed E-state index contributed by atoms with van der Waals surface area (Å²) in [5, 5.41) is 3.12. The normalized spacial score (nSPS) is 14.7. The Bertz CT molecular complexity index is 418. The molecule has 0 saturated heterocycles. The standard InChI is InChI=1S/C15H21N3/c1-3-9-18(11-13-7-8-13)12-15-6-4-5-14(17-15)10-16-2/h1,4-6,13,16H,7-12H2,2H3. The first kappa shape index (κ1) is 13.1. The maximum Gasteiger partial charge on any atom is 0.0602 e. The number of rotatable bonds is 7. The van der Waals surface area contributed by atoms with Crippen LogP contribution >= 0.6 is 0 Å². The second kappa shape index (κ2) is 6.53. The van der Waals surface area contributed by atoms with Crippen LogP contribution in [-0.4, -0.2) is 30.0 Å². The van der Waals surface area contributed by atoms with Gasteiger partial charge < -0.3 is 5.32 Å². The monoisotopic (exact) mass is 243 g/mol. The molecule has 1 aromatic heterocycles. The van der Waals surface area contributed by atoms with E-state index in [1.807, 2.05) is 13.1 Å². The van der Waals surface area contributed by atoms with Gasteiger partial charge in [0.15, 0.2) is 0 Å². The lowest BCUT2D eigenvalue weighted by molar-refractivity contribution is 0.283. The predicted octanol–water partition coefficient (Wildman–Crippen LogP) is 1.65. The van der Waals surface area contributed by atoms with Crippen LogP contribution in [0.1, 0.15) is 24.2 Å². The minimum Gasteiger partial charge on any atom is -0.314 e. The van der Waals surface area contributed by atoms with Crippen molar-refractivity contribution in [3.8, 4) is 12.3 Å². The number of hydrogen-bond donors (Lipinski definition) is 1. The topological polar surface area (TPSA) is 28.2 Å². The van der Waals surface area contributed by atoms with E-state index < -0.39 is 0 Å². The van der Waals surface area contributed by atoms with Crippen molar-refractivity contribution in [1.82, 2.24) is 15.2 Å². The van der Waals surface area contributed by atoms with E-state index in [0.29, 0.717) is 6.54 Å². The van der Waals surface area contributed by atoms with Gasteiger partial charge in [0.1, 0.15) is 0 Å². The first-order valence-corrected chi connectivity index (χ1v) is 6.57. The van der Waals surface area contributed by atoms with E-state index in [-0.39, 0.29) is 0 Å². The Morgan fingerprint density at radius 3 is 2.89 bits per heavy atom. The highest BCUT2D eigenvalue weighted by Crippen LogP contribution is 2.29. The lowest BCUT2D eigenvalue weighted by atomic mass is 10.2. The largest absolute Gasteiger partial charge is 0.314 e. The molecule has 2 rings (SSSR count). The molecule has 0 radical (unpaired) electrons. The molecule has 1 aliphatic carbocycles. The first-order chi connectivity index (χ1) is 8.81. The summed E-state index contributed by atoms with van der Waals surface area (Å²) < 4.78 is 0. The summed E-state index contributed by atoms with van der Waals surface area (Å²) in [5.74, 6) is 3.61. The van der Waals surface area contributed by atoms with E-state index in [1.165, 1.54) is 12.8 Å². The average Bonchev–Trinajstić information content (AvgIpc) is 3.14. The average molecular weight is 243 g/mol. The van der Waals surface area contributed by atoms with Crippen LogP contribution in [0.15, 0.2) is 18.2 Å². The SMILES string of the molecule is C#CCN(Cc1cccc(CNC)n1)CC1CC1. The van der Waals surface area contributed by atoms with Gasteiger partial charge in [-0.3, -0.25) is 9.88 Å². The van der Waals surface area contributed by atoms with Crippen LogP contribution < -0.4 is 5.32 Å². The summed E-state index contributed by atoms with van der Waals surface area (Å²) in [5.41, 5.74) is 2.20. The molecule has 0 unspecified atom stereocenters. The molecule has 0 aliphatic heterocycles. The van der Waals surface area contributed by atoms with E-state index in [4.69, 9.17) is 6.42 Å². The second-order valence-corrected chi connectivity index (χ2v) is 4.97. The predicted molar refractivity (Wildman–Crippen MR) is 73.8 cm³/mol. The molecule has 0 bridgehead atoms. The van der Waals surface area contributed by atoms with Crippen LogP contribution in [-0.2, 0) is 13.1 Å². The second-order valence-electron chi connectivity index (χ2n) is 4.97. The highest BCUT2D eigenvalue weighted by molar-refractivity contribution is 5.11. The maximum atomic E-state index is 5.43. The summed E-state index contributed by atoms with van der Waals surface area (Å²) in [7, 11) is 1.94. The Morgan fingerprint density at radius 1 is 1.44 bits per heavy atom. The minimum atomic E-state index is 0.717. The van der Waals surface area contributed by atoms with Crippen molar-refractivity contribution in [1.29, 1.82) is 0 Å². The lowest BCUT2D eigenvalue weighted by Crippen LogP contribution is -2.26. The van der Waals surface area contributed by atoms with Crippen molar-refractivity contribution in [2.45, 2.75) is 25.9 Å². The molecule has 18 heavy (non-hydrogen) atoms. The Balaban J connectivity index is 1.96. The van der Waals surface area contributed by atoms with Gasteiger partial charge in [-0.1, -0.05) is 12.0 Å². The smallest absolute Gasteiger partial charge is 0.0602 e. The van der Waals surface area contributed by atoms with Gasteiger partial charge in [0.2, 0.25) is 0 Å². The fourth-order valence-corrected chi connectivity index (χ4v) is 2.11. The molecule has 0 amide bonds. The van der Waals surface area contributed by atoms with Crippen LogP contribution in [0, 0.1) is 18.3 Å². The highest BCUT2D eigenvalue weighted by Gasteiger charge is 2.24. The van der Waals surface area contributed by atoms with Crippen LogP contribution in [0.3, 0.4) is 0 Å².